The molecule has 8 nitrogen and oxygen atoms in total. The predicted octanol–water partition coefficient (Wildman–Crippen LogP) is 5.37. The number of carbonyl (C=O) groups is 3. The van der Waals surface area contributed by atoms with Crippen molar-refractivity contribution in [3.63, 3.8) is 0 Å². The number of imide groups is 1. The Morgan fingerprint density at radius 2 is 1.83 bits per heavy atom. The topological polar surface area (TPSA) is 98.1 Å². The van der Waals surface area contributed by atoms with Crippen LogP contribution in [0.4, 0.5) is 23.7 Å². The molecule has 184 valence electrons. The number of benzene rings is 2. The quantitative estimate of drug-likeness (QED) is 0.456. The largest absolute Gasteiger partial charge is 0.457 e. The van der Waals surface area contributed by atoms with Gasteiger partial charge in [0.2, 0.25) is 12.7 Å². The van der Waals surface area contributed by atoms with Gasteiger partial charge in [0.25, 0.3) is 11.1 Å². The molecule has 0 saturated carbocycles. The van der Waals surface area contributed by atoms with Crippen LogP contribution in [0, 0.1) is 0 Å². The second-order valence-electron chi connectivity index (χ2n) is 7.63. The van der Waals surface area contributed by atoms with Gasteiger partial charge in [0.1, 0.15) is 18.1 Å². The predicted molar refractivity (Wildman–Crippen MR) is 123 cm³/mol. The maximum atomic E-state index is 13.3. The van der Waals surface area contributed by atoms with E-state index in [0.29, 0.717) is 28.9 Å². The minimum atomic E-state index is -4.58. The number of carbonyl (C=O) groups excluding carboxylic acids is 3. The summed E-state index contributed by atoms with van der Waals surface area (Å²) in [6.07, 6.45) is -3.33. The normalized spacial score (nSPS) is 16.2. The van der Waals surface area contributed by atoms with E-state index in [1.54, 1.807) is 18.2 Å². The molecule has 36 heavy (non-hydrogen) atoms. The third-order valence-corrected chi connectivity index (χ3v) is 6.14. The summed E-state index contributed by atoms with van der Waals surface area (Å²) in [4.78, 5) is 38.3. The number of alkyl halides is 3. The van der Waals surface area contributed by atoms with Gasteiger partial charge in [-0.2, -0.15) is 13.2 Å². The van der Waals surface area contributed by atoms with Crippen molar-refractivity contribution in [2.24, 2.45) is 0 Å². The van der Waals surface area contributed by atoms with E-state index in [1.807, 2.05) is 0 Å². The van der Waals surface area contributed by atoms with Gasteiger partial charge in [-0.3, -0.25) is 19.3 Å². The van der Waals surface area contributed by atoms with E-state index in [-0.39, 0.29) is 28.8 Å². The highest BCUT2D eigenvalue weighted by molar-refractivity contribution is 8.18. The second kappa shape index (κ2) is 9.11. The van der Waals surface area contributed by atoms with E-state index < -0.39 is 35.3 Å². The summed E-state index contributed by atoms with van der Waals surface area (Å²) in [5.74, 6) is -0.306. The van der Waals surface area contributed by atoms with Gasteiger partial charge in [0.05, 0.1) is 10.5 Å². The van der Waals surface area contributed by atoms with E-state index in [9.17, 15) is 27.6 Å². The first-order chi connectivity index (χ1) is 17.2. The molecule has 2 aliphatic heterocycles. The smallest absolute Gasteiger partial charge is 0.417 e. The first-order valence-electron chi connectivity index (χ1n) is 10.4. The van der Waals surface area contributed by atoms with Gasteiger partial charge in [0.15, 0.2) is 11.5 Å². The van der Waals surface area contributed by atoms with E-state index in [1.165, 1.54) is 36.4 Å². The first kappa shape index (κ1) is 23.5. The monoisotopic (exact) mass is 516 g/mol. The number of hydrogen-bond acceptors (Lipinski definition) is 7. The molecule has 0 bridgehead atoms. The summed E-state index contributed by atoms with van der Waals surface area (Å²) in [6.45, 7) is -0.458. The maximum Gasteiger partial charge on any atom is 0.417 e. The standard InChI is InChI=1S/C24H15F3N2O6S/c25-24(26,27)16-4-2-1-3-15(16)17-8-6-14(35-17)10-20-22(31)29(23(32)36-20)11-21(30)28-13-5-7-18-19(9-13)34-12-33-18/h1-10H,11-12H2,(H,28,30)/b20-10+. The Morgan fingerprint density at radius 1 is 1.06 bits per heavy atom. The van der Waals surface area contributed by atoms with Crippen LogP contribution in [0.2, 0.25) is 0 Å². The highest BCUT2D eigenvalue weighted by Crippen LogP contribution is 2.39. The van der Waals surface area contributed by atoms with Crippen LogP contribution in [-0.4, -0.2) is 35.3 Å². The van der Waals surface area contributed by atoms with E-state index in [2.05, 4.69) is 5.32 Å². The third kappa shape index (κ3) is 4.67. The van der Waals surface area contributed by atoms with E-state index in [4.69, 9.17) is 13.9 Å². The minimum absolute atomic E-state index is 0.0270. The van der Waals surface area contributed by atoms with Gasteiger partial charge in [-0.05, 0) is 42.1 Å². The van der Waals surface area contributed by atoms with Crippen molar-refractivity contribution in [3.05, 3.63) is 70.8 Å². The van der Waals surface area contributed by atoms with Crippen molar-refractivity contribution < 1.29 is 41.4 Å². The molecule has 0 radical (unpaired) electrons. The van der Waals surface area contributed by atoms with Gasteiger partial charge in [-0.15, -0.1) is 0 Å². The number of rotatable bonds is 5. The molecule has 1 saturated heterocycles. The number of nitrogens with zero attached hydrogens (tertiary/aromatic N) is 1. The van der Waals surface area contributed by atoms with Crippen LogP contribution in [-0.2, 0) is 15.8 Å². The number of fused-ring (bicyclic) bond motifs is 1. The Balaban J connectivity index is 1.28. The van der Waals surface area contributed by atoms with Crippen molar-refractivity contribution in [2.75, 3.05) is 18.7 Å². The van der Waals surface area contributed by atoms with Crippen molar-refractivity contribution in [3.8, 4) is 22.8 Å². The van der Waals surface area contributed by atoms with Crippen LogP contribution >= 0.6 is 11.8 Å². The molecule has 2 aromatic carbocycles. The van der Waals surface area contributed by atoms with Crippen molar-refractivity contribution >= 4 is 40.6 Å². The van der Waals surface area contributed by atoms with Crippen molar-refractivity contribution in [2.45, 2.75) is 6.18 Å². The molecule has 1 N–H and O–H groups in total. The number of thioether (sulfide) groups is 1. The Kier molecular flexibility index (Phi) is 5.96. The number of hydrogen-bond donors (Lipinski definition) is 1. The zero-order valence-electron chi connectivity index (χ0n) is 18.1. The molecule has 0 unspecified atom stereocenters. The van der Waals surface area contributed by atoms with Gasteiger partial charge in [0, 0.05) is 23.4 Å². The molecule has 5 rings (SSSR count). The number of ether oxygens (including phenoxy) is 2. The number of furan rings is 1. The SMILES string of the molecule is O=C(CN1C(=O)S/C(=C/c2ccc(-c3ccccc3C(F)(F)F)o2)C1=O)Nc1ccc2c(c1)OCO2. The fraction of sp³-hybridized carbons (Fsp3) is 0.125. The lowest BCUT2D eigenvalue weighted by molar-refractivity contribution is -0.137. The Morgan fingerprint density at radius 3 is 2.64 bits per heavy atom. The lowest BCUT2D eigenvalue weighted by Gasteiger charge is -2.12. The molecule has 3 amide bonds. The van der Waals surface area contributed by atoms with E-state index >= 15 is 0 Å². The van der Waals surface area contributed by atoms with Crippen LogP contribution < -0.4 is 14.8 Å². The molecule has 12 heteroatoms. The molecule has 1 aromatic heterocycles. The zero-order valence-corrected chi connectivity index (χ0v) is 18.9. The van der Waals surface area contributed by atoms with Crippen molar-refractivity contribution in [1.29, 1.82) is 0 Å². The van der Waals surface area contributed by atoms with Gasteiger partial charge in [-0.1, -0.05) is 18.2 Å². The molecule has 0 aliphatic carbocycles. The second-order valence-corrected chi connectivity index (χ2v) is 8.62. The summed E-state index contributed by atoms with van der Waals surface area (Å²) in [6, 6.07) is 12.4. The molecule has 2 aliphatic rings. The molecular formula is C24H15F3N2O6S. The number of nitrogens with one attached hydrogen (secondary N) is 1. The van der Waals surface area contributed by atoms with Gasteiger partial charge in [-0.25, -0.2) is 0 Å². The van der Waals surface area contributed by atoms with Gasteiger partial charge < -0.3 is 19.2 Å². The van der Waals surface area contributed by atoms with E-state index in [0.717, 1.165) is 11.0 Å². The molecule has 1 fully saturated rings. The Bertz CT molecular complexity index is 1410. The third-order valence-electron chi connectivity index (χ3n) is 5.23. The minimum Gasteiger partial charge on any atom is -0.457 e. The van der Waals surface area contributed by atoms with Crippen LogP contribution in [0.1, 0.15) is 11.3 Å². The summed E-state index contributed by atoms with van der Waals surface area (Å²) >= 11 is 0.596. The number of amides is 3. The average Bonchev–Trinajstić information content (AvgIpc) is 3.55. The molecule has 3 aromatic rings. The molecule has 0 spiro atoms. The zero-order chi connectivity index (χ0) is 25.4. The Hall–Kier alpha value is -4.19. The van der Waals surface area contributed by atoms with Crippen LogP contribution in [0.5, 0.6) is 11.5 Å². The van der Waals surface area contributed by atoms with Gasteiger partial charge >= 0.3 is 6.18 Å². The highest BCUT2D eigenvalue weighted by atomic mass is 32.2. The summed E-state index contributed by atoms with van der Waals surface area (Å²) in [5.41, 5.74) is -0.619. The fourth-order valence-corrected chi connectivity index (χ4v) is 4.42. The summed E-state index contributed by atoms with van der Waals surface area (Å²) < 4.78 is 55.9. The van der Waals surface area contributed by atoms with Crippen LogP contribution in [0.25, 0.3) is 17.4 Å². The lowest BCUT2D eigenvalue weighted by atomic mass is 10.1. The number of anilines is 1. The fourth-order valence-electron chi connectivity index (χ4n) is 3.60. The highest BCUT2D eigenvalue weighted by Gasteiger charge is 2.37. The number of halogens is 3. The molecular weight excluding hydrogens is 501 g/mol. The van der Waals surface area contributed by atoms with Crippen LogP contribution in [0.15, 0.2) is 63.9 Å². The Labute approximate surface area is 205 Å². The van der Waals surface area contributed by atoms with Crippen molar-refractivity contribution in [1.82, 2.24) is 4.90 Å². The maximum absolute atomic E-state index is 13.3. The molecule has 0 atom stereocenters. The average molecular weight is 516 g/mol. The molecule has 3 heterocycles. The lowest BCUT2D eigenvalue weighted by Crippen LogP contribution is -2.36. The summed E-state index contributed by atoms with van der Waals surface area (Å²) in [5, 5.41) is 1.92. The van der Waals surface area contributed by atoms with Crippen LogP contribution in [0.3, 0.4) is 0 Å². The first-order valence-corrected chi connectivity index (χ1v) is 11.2. The summed E-state index contributed by atoms with van der Waals surface area (Å²) in [7, 11) is 0.